The predicted molar refractivity (Wildman–Crippen MR) is 107 cm³/mol. The van der Waals surface area contributed by atoms with Crippen LogP contribution in [0.5, 0.6) is 0 Å². The predicted octanol–water partition coefficient (Wildman–Crippen LogP) is 3.43. The van der Waals surface area contributed by atoms with E-state index in [1.165, 1.54) is 13.0 Å². The van der Waals surface area contributed by atoms with Gasteiger partial charge < -0.3 is 10.2 Å². The number of Topliss-reactive ketones (excluding diaryl/α,β-unsaturated/α-hetero) is 1. The van der Waals surface area contributed by atoms with Gasteiger partial charge in [-0.15, -0.1) is 0 Å². The summed E-state index contributed by atoms with van der Waals surface area (Å²) in [6, 6.07) is 4.29. The highest BCUT2D eigenvalue weighted by atomic mass is 19.1. The highest BCUT2D eigenvalue weighted by Gasteiger charge is 2.40. The molecule has 4 rings (SSSR count). The molecule has 29 heavy (non-hydrogen) atoms. The summed E-state index contributed by atoms with van der Waals surface area (Å²) in [5, 5.41) is 2.80. The van der Waals surface area contributed by atoms with Gasteiger partial charge in [0.05, 0.1) is 11.6 Å². The maximum absolute atomic E-state index is 15.1. The maximum Gasteiger partial charge on any atom is 0.254 e. The standard InChI is InChI=1S/C23H29FN2O3/c1-14(27)21(15-6-3-2-4-7-15)25-22(28)19-9-5-8-18(20(19)24)17-12-26(13-17)23(29)16-10-11-16/h5,8-9,15-17,21H,2-4,6-7,10-13H2,1H3,(H,25,28)/t21-/m0/s1. The molecule has 0 bridgehead atoms. The molecular formula is C23H29FN2O3. The fourth-order valence-electron chi connectivity index (χ4n) is 4.72. The zero-order valence-electron chi connectivity index (χ0n) is 17.0. The van der Waals surface area contributed by atoms with Crippen molar-refractivity contribution in [3.8, 4) is 0 Å². The largest absolute Gasteiger partial charge is 0.342 e. The molecule has 1 atom stereocenters. The Kier molecular flexibility index (Phi) is 5.70. The van der Waals surface area contributed by atoms with Crippen LogP contribution in [0, 0.1) is 17.7 Å². The van der Waals surface area contributed by atoms with E-state index in [4.69, 9.17) is 0 Å². The maximum atomic E-state index is 15.1. The van der Waals surface area contributed by atoms with Crippen molar-refractivity contribution in [2.24, 2.45) is 11.8 Å². The average Bonchev–Trinajstić information content (AvgIpc) is 3.51. The van der Waals surface area contributed by atoms with Gasteiger partial charge >= 0.3 is 0 Å². The van der Waals surface area contributed by atoms with Crippen LogP contribution < -0.4 is 5.32 Å². The fraction of sp³-hybridized carbons (Fsp3) is 0.609. The summed E-state index contributed by atoms with van der Waals surface area (Å²) in [7, 11) is 0. The molecule has 0 unspecified atom stereocenters. The number of hydrogen-bond donors (Lipinski definition) is 1. The first kappa shape index (κ1) is 20.0. The van der Waals surface area contributed by atoms with Crippen molar-refractivity contribution in [3.05, 3.63) is 35.1 Å². The summed E-state index contributed by atoms with van der Waals surface area (Å²) in [5.41, 5.74) is 0.464. The number of halogens is 1. The first-order valence-electron chi connectivity index (χ1n) is 10.8. The number of rotatable bonds is 6. The number of hydrogen-bond acceptors (Lipinski definition) is 3. The Balaban J connectivity index is 1.44. The molecule has 3 aliphatic rings. The van der Waals surface area contributed by atoms with E-state index in [1.807, 2.05) is 0 Å². The van der Waals surface area contributed by atoms with Gasteiger partial charge in [0.15, 0.2) is 5.78 Å². The van der Waals surface area contributed by atoms with Crippen molar-refractivity contribution in [1.82, 2.24) is 10.2 Å². The Hall–Kier alpha value is -2.24. The molecule has 0 radical (unpaired) electrons. The zero-order chi connectivity index (χ0) is 20.5. The minimum Gasteiger partial charge on any atom is -0.342 e. The number of ketones is 1. The molecule has 3 fully saturated rings. The van der Waals surface area contributed by atoms with Gasteiger partial charge in [-0.25, -0.2) is 4.39 Å². The summed E-state index contributed by atoms with van der Waals surface area (Å²) < 4.78 is 15.1. The van der Waals surface area contributed by atoms with Gasteiger partial charge in [-0.2, -0.15) is 0 Å². The van der Waals surface area contributed by atoms with Crippen LogP contribution in [0.4, 0.5) is 4.39 Å². The van der Waals surface area contributed by atoms with Crippen LogP contribution in [0.1, 0.15) is 73.7 Å². The second-order valence-corrected chi connectivity index (χ2v) is 8.88. The third kappa shape index (κ3) is 4.21. The van der Waals surface area contributed by atoms with Crippen LogP contribution in [0.3, 0.4) is 0 Å². The number of carbonyl (C=O) groups excluding carboxylic acids is 3. The van der Waals surface area contributed by atoms with E-state index < -0.39 is 17.8 Å². The highest BCUT2D eigenvalue weighted by Crippen LogP contribution is 2.37. The second kappa shape index (κ2) is 8.25. The molecule has 1 aromatic rings. The van der Waals surface area contributed by atoms with Crippen LogP contribution in [0.2, 0.25) is 0 Å². The normalized spacial score (nSPS) is 21.4. The van der Waals surface area contributed by atoms with Crippen LogP contribution in [-0.2, 0) is 9.59 Å². The topological polar surface area (TPSA) is 66.5 Å². The summed E-state index contributed by atoms with van der Waals surface area (Å²) in [5.74, 6) is -0.735. The molecule has 2 aliphatic carbocycles. The first-order valence-corrected chi connectivity index (χ1v) is 10.8. The lowest BCUT2D eigenvalue weighted by Crippen LogP contribution is -2.49. The van der Waals surface area contributed by atoms with Gasteiger partial charge in [0.2, 0.25) is 5.91 Å². The Labute approximate surface area is 171 Å². The average molecular weight is 400 g/mol. The van der Waals surface area contributed by atoms with Gasteiger partial charge in [0, 0.05) is 24.9 Å². The lowest BCUT2D eigenvalue weighted by Gasteiger charge is -2.40. The number of nitrogens with zero attached hydrogens (tertiary/aromatic N) is 1. The smallest absolute Gasteiger partial charge is 0.254 e. The van der Waals surface area contributed by atoms with Gasteiger partial charge in [0.1, 0.15) is 5.82 Å². The van der Waals surface area contributed by atoms with Crippen LogP contribution >= 0.6 is 0 Å². The van der Waals surface area contributed by atoms with Crippen LogP contribution in [0.25, 0.3) is 0 Å². The van der Waals surface area contributed by atoms with E-state index in [0.717, 1.165) is 44.9 Å². The molecule has 2 amide bonds. The molecule has 1 aliphatic heterocycles. The van der Waals surface area contributed by atoms with Crippen LogP contribution in [-0.4, -0.2) is 41.6 Å². The summed E-state index contributed by atoms with van der Waals surface area (Å²) in [6.45, 7) is 2.51. The molecule has 0 aromatic heterocycles. The van der Waals surface area contributed by atoms with Crippen molar-refractivity contribution in [2.45, 2.75) is 63.8 Å². The Morgan fingerprint density at radius 3 is 2.38 bits per heavy atom. The summed E-state index contributed by atoms with van der Waals surface area (Å²) >= 11 is 0. The molecule has 1 heterocycles. The zero-order valence-corrected chi connectivity index (χ0v) is 17.0. The number of benzene rings is 1. The first-order chi connectivity index (χ1) is 14.0. The Bertz CT molecular complexity index is 808. The number of nitrogens with one attached hydrogen (secondary N) is 1. The molecule has 6 heteroatoms. The molecule has 1 N–H and O–H groups in total. The number of amides is 2. The van der Waals surface area contributed by atoms with E-state index in [1.54, 1.807) is 17.0 Å². The van der Waals surface area contributed by atoms with E-state index in [-0.39, 0.29) is 35.0 Å². The van der Waals surface area contributed by atoms with Gasteiger partial charge in [-0.05, 0) is 50.2 Å². The van der Waals surface area contributed by atoms with E-state index in [9.17, 15) is 14.4 Å². The summed E-state index contributed by atoms with van der Waals surface area (Å²) in [4.78, 5) is 38.8. The van der Waals surface area contributed by atoms with Crippen LogP contribution in [0.15, 0.2) is 18.2 Å². The van der Waals surface area contributed by atoms with Crippen molar-refractivity contribution < 1.29 is 18.8 Å². The molecule has 1 aromatic carbocycles. The monoisotopic (exact) mass is 400 g/mol. The van der Waals surface area contributed by atoms with Gasteiger partial charge in [-0.3, -0.25) is 14.4 Å². The lowest BCUT2D eigenvalue weighted by atomic mass is 9.82. The SMILES string of the molecule is CC(=O)[C@H](NC(=O)c1cccc(C2CN(C(=O)C3CC3)C2)c1F)C1CCCCC1. The quantitative estimate of drug-likeness (QED) is 0.796. The highest BCUT2D eigenvalue weighted by molar-refractivity contribution is 5.98. The van der Waals surface area contributed by atoms with E-state index in [2.05, 4.69) is 5.32 Å². The lowest BCUT2D eigenvalue weighted by molar-refractivity contribution is -0.137. The molecule has 1 saturated heterocycles. The molecule has 0 spiro atoms. The minimum atomic E-state index is -0.554. The Morgan fingerprint density at radius 2 is 1.76 bits per heavy atom. The molecule has 156 valence electrons. The van der Waals surface area contributed by atoms with Gasteiger partial charge in [-0.1, -0.05) is 31.4 Å². The number of likely N-dealkylation sites (tertiary alicyclic amines) is 1. The molecule has 5 nitrogen and oxygen atoms in total. The van der Waals surface area contributed by atoms with E-state index in [0.29, 0.717) is 18.7 Å². The van der Waals surface area contributed by atoms with Crippen molar-refractivity contribution >= 4 is 17.6 Å². The fourth-order valence-corrected chi connectivity index (χ4v) is 4.72. The summed E-state index contributed by atoms with van der Waals surface area (Å²) in [6.07, 6.45) is 7.04. The molecule has 2 saturated carbocycles. The van der Waals surface area contributed by atoms with E-state index >= 15 is 4.39 Å². The minimum absolute atomic E-state index is 0.0171. The van der Waals surface area contributed by atoms with Crippen molar-refractivity contribution in [2.75, 3.05) is 13.1 Å². The Morgan fingerprint density at radius 1 is 1.07 bits per heavy atom. The van der Waals surface area contributed by atoms with Crippen molar-refractivity contribution in [1.29, 1.82) is 0 Å². The number of carbonyl (C=O) groups is 3. The third-order valence-corrected chi connectivity index (χ3v) is 6.68. The van der Waals surface area contributed by atoms with Crippen molar-refractivity contribution in [3.63, 3.8) is 0 Å². The second-order valence-electron chi connectivity index (χ2n) is 8.88. The van der Waals surface area contributed by atoms with Gasteiger partial charge in [0.25, 0.3) is 5.91 Å². The third-order valence-electron chi connectivity index (χ3n) is 6.68. The molecular weight excluding hydrogens is 371 g/mol.